The number of nitrogens with two attached hydrogens (primary N) is 1. The number of aryl methyl sites for hydroxylation is 2. The van der Waals surface area contributed by atoms with Crippen LogP contribution in [0.1, 0.15) is 72.3 Å². The number of nitrogens with zero attached hydrogens (tertiary/aromatic N) is 2. The molecule has 2 aromatic heterocycles. The first-order valence-corrected chi connectivity index (χ1v) is 10.6. The van der Waals surface area contributed by atoms with Crippen molar-refractivity contribution in [3.05, 3.63) is 22.2 Å². The van der Waals surface area contributed by atoms with E-state index in [9.17, 15) is 4.79 Å². The molecule has 0 unspecified atom stereocenters. The number of hydrogen-bond acceptors (Lipinski definition) is 4. The Morgan fingerprint density at radius 1 is 1.00 bits per heavy atom. The summed E-state index contributed by atoms with van der Waals surface area (Å²) in [7, 11) is 0. The highest BCUT2D eigenvalue weighted by Gasteiger charge is 2.24. The standard InChI is InChI=1S/C20H27N3OS/c21-17-15-13-14-9-5-1-2-6-10-16(14)22-19(15)25-18(17)20(24)23-11-7-3-4-8-12-23/h13H,1-12,21H2. The molecule has 2 N–H and O–H groups in total. The zero-order chi connectivity index (χ0) is 17.2. The van der Waals surface area contributed by atoms with Crippen LogP contribution in [0.5, 0.6) is 0 Å². The molecule has 0 spiro atoms. The minimum Gasteiger partial charge on any atom is -0.397 e. The van der Waals surface area contributed by atoms with Crippen molar-refractivity contribution in [2.24, 2.45) is 0 Å². The number of carbonyl (C=O) groups is 1. The van der Waals surface area contributed by atoms with Gasteiger partial charge in [0.05, 0.1) is 5.69 Å². The summed E-state index contributed by atoms with van der Waals surface area (Å²) in [4.78, 5) is 21.5. The second-order valence-electron chi connectivity index (χ2n) is 7.41. The Hall–Kier alpha value is -1.62. The van der Waals surface area contributed by atoms with E-state index in [1.54, 1.807) is 0 Å². The summed E-state index contributed by atoms with van der Waals surface area (Å²) >= 11 is 1.49. The highest BCUT2D eigenvalue weighted by molar-refractivity contribution is 7.21. The third-order valence-corrected chi connectivity index (χ3v) is 6.69. The maximum Gasteiger partial charge on any atom is 0.266 e. The van der Waals surface area contributed by atoms with Crippen LogP contribution < -0.4 is 5.73 Å². The molecule has 0 atom stereocenters. The summed E-state index contributed by atoms with van der Waals surface area (Å²) in [6, 6.07) is 2.22. The summed E-state index contributed by atoms with van der Waals surface area (Å²) in [5.74, 6) is 0.106. The van der Waals surface area contributed by atoms with Crippen molar-refractivity contribution in [3.8, 4) is 0 Å². The molecule has 5 heteroatoms. The number of rotatable bonds is 1. The summed E-state index contributed by atoms with van der Waals surface area (Å²) in [5.41, 5.74) is 9.62. The van der Waals surface area contributed by atoms with E-state index in [1.807, 2.05) is 4.90 Å². The number of likely N-dealkylation sites (tertiary alicyclic amines) is 1. The van der Waals surface area contributed by atoms with Crippen LogP contribution in [-0.4, -0.2) is 28.9 Å². The second-order valence-corrected chi connectivity index (χ2v) is 8.41. The van der Waals surface area contributed by atoms with E-state index < -0.39 is 0 Å². The molecule has 1 aliphatic carbocycles. The number of anilines is 1. The SMILES string of the molecule is Nc1c(C(=O)N2CCCCCC2)sc2nc3c(cc12)CCCCCC3. The predicted molar refractivity (Wildman–Crippen MR) is 104 cm³/mol. The topological polar surface area (TPSA) is 59.2 Å². The fraction of sp³-hybridized carbons (Fsp3) is 0.600. The first kappa shape index (κ1) is 16.8. The maximum atomic E-state index is 13.0. The van der Waals surface area contributed by atoms with E-state index >= 15 is 0 Å². The molecular formula is C20H27N3OS. The Labute approximate surface area is 153 Å². The predicted octanol–water partition coefficient (Wildman–Crippen LogP) is 4.55. The average Bonchev–Trinajstić information content (AvgIpc) is 2.78. The molecule has 2 aliphatic rings. The summed E-state index contributed by atoms with van der Waals surface area (Å²) in [6.45, 7) is 1.72. The molecule has 2 aromatic rings. The molecule has 1 saturated heterocycles. The molecule has 134 valence electrons. The molecule has 4 rings (SSSR count). The van der Waals surface area contributed by atoms with E-state index in [1.165, 1.54) is 61.1 Å². The molecule has 0 bridgehead atoms. The summed E-state index contributed by atoms with van der Waals surface area (Å²) < 4.78 is 0. The third-order valence-electron chi connectivity index (χ3n) is 5.59. The van der Waals surface area contributed by atoms with E-state index in [-0.39, 0.29) is 5.91 Å². The highest BCUT2D eigenvalue weighted by atomic mass is 32.1. The van der Waals surface area contributed by atoms with Crippen LogP contribution in [0.3, 0.4) is 0 Å². The molecule has 0 saturated carbocycles. The lowest BCUT2D eigenvalue weighted by atomic mass is 9.96. The monoisotopic (exact) mass is 357 g/mol. The third kappa shape index (κ3) is 3.39. The van der Waals surface area contributed by atoms with Gasteiger partial charge in [-0.1, -0.05) is 25.7 Å². The lowest BCUT2D eigenvalue weighted by Gasteiger charge is -2.19. The van der Waals surface area contributed by atoms with E-state index in [0.717, 1.165) is 49.0 Å². The first-order chi connectivity index (χ1) is 12.2. The number of pyridine rings is 1. The van der Waals surface area contributed by atoms with Crippen LogP contribution in [0.4, 0.5) is 5.69 Å². The second kappa shape index (κ2) is 7.32. The Balaban J connectivity index is 1.70. The van der Waals surface area contributed by atoms with Gasteiger partial charge >= 0.3 is 0 Å². The molecular weight excluding hydrogens is 330 g/mol. The minimum absolute atomic E-state index is 0.106. The van der Waals surface area contributed by atoms with E-state index in [2.05, 4.69) is 6.07 Å². The van der Waals surface area contributed by atoms with Gasteiger partial charge in [-0.3, -0.25) is 4.79 Å². The number of thiophene rings is 1. The lowest BCUT2D eigenvalue weighted by Crippen LogP contribution is -2.31. The Kier molecular flexibility index (Phi) is 4.93. The zero-order valence-electron chi connectivity index (χ0n) is 14.9. The minimum atomic E-state index is 0.106. The smallest absolute Gasteiger partial charge is 0.266 e. The largest absolute Gasteiger partial charge is 0.397 e. The van der Waals surface area contributed by atoms with Gasteiger partial charge in [0.25, 0.3) is 5.91 Å². The lowest BCUT2D eigenvalue weighted by molar-refractivity contribution is 0.0767. The number of nitrogen functional groups attached to an aromatic ring is 1. The van der Waals surface area contributed by atoms with Gasteiger partial charge < -0.3 is 10.6 Å². The van der Waals surface area contributed by atoms with Gasteiger partial charge in [-0.2, -0.15) is 0 Å². The normalized spacial score (nSPS) is 19.1. The Morgan fingerprint density at radius 3 is 2.44 bits per heavy atom. The number of amides is 1. The van der Waals surface area contributed by atoms with Crippen LogP contribution in [0.25, 0.3) is 10.2 Å². The van der Waals surface area contributed by atoms with Gasteiger partial charge in [0.2, 0.25) is 0 Å². The van der Waals surface area contributed by atoms with Crippen molar-refractivity contribution in [1.29, 1.82) is 0 Å². The van der Waals surface area contributed by atoms with Crippen molar-refractivity contribution >= 4 is 33.1 Å². The molecule has 25 heavy (non-hydrogen) atoms. The van der Waals surface area contributed by atoms with Gasteiger partial charge in [0, 0.05) is 24.2 Å². The van der Waals surface area contributed by atoms with Crippen LogP contribution in [-0.2, 0) is 12.8 Å². The van der Waals surface area contributed by atoms with Gasteiger partial charge in [0.15, 0.2) is 0 Å². The fourth-order valence-electron chi connectivity index (χ4n) is 4.09. The van der Waals surface area contributed by atoms with Crippen molar-refractivity contribution < 1.29 is 4.79 Å². The molecule has 1 aliphatic heterocycles. The van der Waals surface area contributed by atoms with Crippen LogP contribution in [0.15, 0.2) is 6.07 Å². The van der Waals surface area contributed by atoms with E-state index in [4.69, 9.17) is 10.7 Å². The van der Waals surface area contributed by atoms with Crippen molar-refractivity contribution in [2.75, 3.05) is 18.8 Å². The van der Waals surface area contributed by atoms with Gasteiger partial charge in [0.1, 0.15) is 9.71 Å². The molecule has 0 aromatic carbocycles. The molecule has 4 nitrogen and oxygen atoms in total. The van der Waals surface area contributed by atoms with Crippen LogP contribution >= 0.6 is 11.3 Å². The van der Waals surface area contributed by atoms with Crippen molar-refractivity contribution in [2.45, 2.75) is 64.2 Å². The van der Waals surface area contributed by atoms with Crippen molar-refractivity contribution in [1.82, 2.24) is 9.88 Å². The molecule has 3 heterocycles. The summed E-state index contributed by atoms with van der Waals surface area (Å²) in [5, 5.41) is 0.988. The fourth-order valence-corrected chi connectivity index (χ4v) is 5.15. The van der Waals surface area contributed by atoms with Crippen molar-refractivity contribution in [3.63, 3.8) is 0 Å². The molecule has 1 fully saturated rings. The van der Waals surface area contributed by atoms with Gasteiger partial charge in [-0.05, 0) is 50.2 Å². The number of carbonyl (C=O) groups excluding carboxylic acids is 1. The summed E-state index contributed by atoms with van der Waals surface area (Å²) in [6.07, 6.45) is 11.8. The molecule has 0 radical (unpaired) electrons. The Bertz CT molecular complexity index is 775. The highest BCUT2D eigenvalue weighted by Crippen LogP contribution is 2.36. The van der Waals surface area contributed by atoms with Gasteiger partial charge in [-0.25, -0.2) is 4.98 Å². The zero-order valence-corrected chi connectivity index (χ0v) is 15.7. The van der Waals surface area contributed by atoms with Crippen LogP contribution in [0.2, 0.25) is 0 Å². The quantitative estimate of drug-likeness (QED) is 0.814. The van der Waals surface area contributed by atoms with Crippen LogP contribution in [0, 0.1) is 0 Å². The molecule has 1 amide bonds. The Morgan fingerprint density at radius 2 is 1.68 bits per heavy atom. The average molecular weight is 358 g/mol. The number of fused-ring (bicyclic) bond motifs is 2. The maximum absolute atomic E-state index is 13.0. The number of aromatic nitrogens is 1. The number of hydrogen-bond donors (Lipinski definition) is 1. The van der Waals surface area contributed by atoms with E-state index in [0.29, 0.717) is 10.6 Å². The first-order valence-electron chi connectivity index (χ1n) is 9.74. The van der Waals surface area contributed by atoms with Gasteiger partial charge in [-0.15, -0.1) is 11.3 Å².